The van der Waals surface area contributed by atoms with Gasteiger partial charge in [0.25, 0.3) is 5.91 Å². The lowest BCUT2D eigenvalue weighted by atomic mass is 10.2. The van der Waals surface area contributed by atoms with Crippen molar-refractivity contribution >= 4 is 33.7 Å². The van der Waals surface area contributed by atoms with E-state index in [1.165, 1.54) is 0 Å². The minimum Gasteiger partial charge on any atom is -0.352 e. The smallest absolute Gasteiger partial charge is 0.269 e. The molecule has 3 N–H and O–H groups in total. The number of halogens is 1. The fourth-order valence-corrected chi connectivity index (χ4v) is 2.40. The number of carbonyl (C=O) groups excluding carboxylic acids is 3. The third-order valence-corrected chi connectivity index (χ3v) is 3.81. The molecule has 0 atom stereocenters. The van der Waals surface area contributed by atoms with E-state index in [9.17, 15) is 14.4 Å². The number of nitrogens with one attached hydrogen (secondary N) is 3. The summed E-state index contributed by atoms with van der Waals surface area (Å²) >= 11 is 3.27. The molecule has 3 amide bonds. The summed E-state index contributed by atoms with van der Waals surface area (Å²) < 4.78 is 0.765. The predicted molar refractivity (Wildman–Crippen MR) is 97.3 cm³/mol. The Bertz CT molecular complexity index is 750. The van der Waals surface area contributed by atoms with Crippen molar-refractivity contribution in [2.45, 2.75) is 19.4 Å². The number of amides is 3. The molecule has 0 radical (unpaired) electrons. The summed E-state index contributed by atoms with van der Waals surface area (Å²) in [5.74, 6) is -1.08. The number of benzene rings is 2. The highest BCUT2D eigenvalue weighted by Crippen LogP contribution is 2.11. The lowest BCUT2D eigenvalue weighted by Crippen LogP contribution is -2.42. The molecular formula is C18H18BrN3O3. The van der Waals surface area contributed by atoms with Crippen molar-refractivity contribution in [2.75, 3.05) is 0 Å². The van der Waals surface area contributed by atoms with Crippen LogP contribution in [0.5, 0.6) is 0 Å². The Balaban J connectivity index is 1.66. The molecule has 25 heavy (non-hydrogen) atoms. The zero-order valence-corrected chi connectivity index (χ0v) is 15.0. The van der Waals surface area contributed by atoms with E-state index >= 15 is 0 Å². The number of hydrogen-bond acceptors (Lipinski definition) is 3. The molecule has 2 aromatic carbocycles. The largest absolute Gasteiger partial charge is 0.352 e. The van der Waals surface area contributed by atoms with Gasteiger partial charge in [-0.15, -0.1) is 0 Å². The summed E-state index contributed by atoms with van der Waals surface area (Å²) in [6.07, 6.45) is 0.0325. The van der Waals surface area contributed by atoms with Crippen LogP contribution < -0.4 is 16.2 Å². The van der Waals surface area contributed by atoms with Gasteiger partial charge in [-0.2, -0.15) is 0 Å². The maximum Gasteiger partial charge on any atom is 0.269 e. The molecular weight excluding hydrogens is 386 g/mol. The first kappa shape index (κ1) is 18.7. The molecule has 130 valence electrons. The van der Waals surface area contributed by atoms with Crippen molar-refractivity contribution in [1.29, 1.82) is 0 Å². The summed E-state index contributed by atoms with van der Waals surface area (Å²) in [7, 11) is 0. The van der Waals surface area contributed by atoms with E-state index in [1.807, 2.05) is 30.3 Å². The molecule has 0 saturated carbocycles. The van der Waals surface area contributed by atoms with E-state index in [-0.39, 0.29) is 18.7 Å². The Morgan fingerprint density at radius 2 is 1.56 bits per heavy atom. The van der Waals surface area contributed by atoms with Crippen LogP contribution in [0.4, 0.5) is 0 Å². The van der Waals surface area contributed by atoms with Crippen LogP contribution in [0.3, 0.4) is 0 Å². The third-order valence-electron chi connectivity index (χ3n) is 3.31. The summed E-state index contributed by atoms with van der Waals surface area (Å²) in [6, 6.07) is 16.3. The first-order chi connectivity index (χ1) is 12.0. The van der Waals surface area contributed by atoms with Crippen LogP contribution in [-0.4, -0.2) is 17.7 Å². The number of carbonyl (C=O) groups is 3. The van der Waals surface area contributed by atoms with Gasteiger partial charge in [0.1, 0.15) is 0 Å². The Labute approximate surface area is 154 Å². The highest BCUT2D eigenvalue weighted by atomic mass is 79.9. The Morgan fingerprint density at radius 3 is 2.28 bits per heavy atom. The lowest BCUT2D eigenvalue weighted by Gasteiger charge is -2.08. The van der Waals surface area contributed by atoms with E-state index in [0.717, 1.165) is 10.0 Å². The molecule has 0 aliphatic heterocycles. The monoisotopic (exact) mass is 403 g/mol. The molecule has 0 spiro atoms. The van der Waals surface area contributed by atoms with Crippen molar-refractivity contribution in [2.24, 2.45) is 0 Å². The minimum absolute atomic E-state index is 0.0145. The molecule has 0 unspecified atom stereocenters. The molecule has 2 rings (SSSR count). The fraction of sp³-hybridized carbons (Fsp3) is 0.167. The van der Waals surface area contributed by atoms with E-state index < -0.39 is 11.8 Å². The Hall–Kier alpha value is -2.67. The summed E-state index contributed by atoms with van der Waals surface area (Å²) in [4.78, 5) is 35.3. The van der Waals surface area contributed by atoms with Crippen molar-refractivity contribution in [3.8, 4) is 0 Å². The van der Waals surface area contributed by atoms with Crippen LogP contribution in [0.2, 0.25) is 0 Å². The van der Waals surface area contributed by atoms with Crippen LogP contribution in [0, 0.1) is 0 Å². The maximum absolute atomic E-state index is 11.9. The molecule has 0 saturated heterocycles. The summed E-state index contributed by atoms with van der Waals surface area (Å²) in [5, 5.41) is 2.74. The first-order valence-corrected chi connectivity index (χ1v) is 8.49. The van der Waals surface area contributed by atoms with Gasteiger partial charge in [0, 0.05) is 29.4 Å². The van der Waals surface area contributed by atoms with Gasteiger partial charge in [-0.05, 0) is 23.8 Å². The predicted octanol–water partition coefficient (Wildman–Crippen LogP) is 2.31. The standard InChI is InChI=1S/C18H18BrN3O3/c19-15-8-4-7-14(11-15)18(25)22-21-17(24)10-9-16(23)20-12-13-5-2-1-3-6-13/h1-8,11H,9-10,12H2,(H,20,23)(H,21,24)(H,22,25). The van der Waals surface area contributed by atoms with Gasteiger partial charge in [0.15, 0.2) is 0 Å². The molecule has 6 nitrogen and oxygen atoms in total. The van der Waals surface area contributed by atoms with Crippen molar-refractivity contribution in [1.82, 2.24) is 16.2 Å². The van der Waals surface area contributed by atoms with Crippen molar-refractivity contribution in [3.05, 3.63) is 70.2 Å². The first-order valence-electron chi connectivity index (χ1n) is 7.70. The normalized spacial score (nSPS) is 9.96. The molecule has 0 bridgehead atoms. The minimum atomic E-state index is -0.432. The van der Waals surface area contributed by atoms with Crippen molar-refractivity contribution < 1.29 is 14.4 Å². The average molecular weight is 404 g/mol. The van der Waals surface area contributed by atoms with E-state index in [4.69, 9.17) is 0 Å². The second kappa shape index (κ2) is 9.58. The van der Waals surface area contributed by atoms with Gasteiger partial charge in [-0.25, -0.2) is 0 Å². The van der Waals surface area contributed by atoms with E-state index in [2.05, 4.69) is 32.1 Å². The van der Waals surface area contributed by atoms with Crippen LogP contribution in [0.25, 0.3) is 0 Å². The van der Waals surface area contributed by atoms with Gasteiger partial charge in [-0.3, -0.25) is 25.2 Å². The van der Waals surface area contributed by atoms with Crippen molar-refractivity contribution in [3.63, 3.8) is 0 Å². The topological polar surface area (TPSA) is 87.3 Å². The van der Waals surface area contributed by atoms with Crippen LogP contribution in [-0.2, 0) is 16.1 Å². The maximum atomic E-state index is 11.9. The molecule has 0 aliphatic carbocycles. The Kier molecular flexibility index (Phi) is 7.16. The van der Waals surface area contributed by atoms with Gasteiger partial charge < -0.3 is 5.32 Å². The fourth-order valence-electron chi connectivity index (χ4n) is 2.00. The average Bonchev–Trinajstić information content (AvgIpc) is 2.63. The lowest BCUT2D eigenvalue weighted by molar-refractivity contribution is -0.126. The number of rotatable bonds is 6. The second-order valence-corrected chi connectivity index (χ2v) is 6.19. The second-order valence-electron chi connectivity index (χ2n) is 5.27. The molecule has 0 aliphatic rings. The number of hydrazine groups is 1. The van der Waals surface area contributed by atoms with Crippen LogP contribution in [0.15, 0.2) is 59.1 Å². The Morgan fingerprint density at radius 1 is 0.840 bits per heavy atom. The van der Waals surface area contributed by atoms with Gasteiger partial charge in [0.2, 0.25) is 11.8 Å². The molecule has 0 fully saturated rings. The SMILES string of the molecule is O=C(CCC(=O)NNC(=O)c1cccc(Br)c1)NCc1ccccc1. The zero-order chi connectivity index (χ0) is 18.1. The van der Waals surface area contributed by atoms with Crippen LogP contribution >= 0.6 is 15.9 Å². The molecule has 7 heteroatoms. The highest BCUT2D eigenvalue weighted by Gasteiger charge is 2.09. The summed E-state index contributed by atoms with van der Waals surface area (Å²) in [5.41, 5.74) is 6.01. The van der Waals surface area contributed by atoms with Gasteiger partial charge in [-0.1, -0.05) is 52.3 Å². The zero-order valence-electron chi connectivity index (χ0n) is 13.4. The van der Waals surface area contributed by atoms with E-state index in [1.54, 1.807) is 24.3 Å². The quantitative estimate of drug-likeness (QED) is 0.646. The third kappa shape index (κ3) is 6.76. The molecule has 0 aromatic heterocycles. The molecule has 0 heterocycles. The molecule has 2 aromatic rings. The number of hydrogen-bond donors (Lipinski definition) is 3. The van der Waals surface area contributed by atoms with Crippen LogP contribution in [0.1, 0.15) is 28.8 Å². The van der Waals surface area contributed by atoms with E-state index in [0.29, 0.717) is 12.1 Å². The highest BCUT2D eigenvalue weighted by molar-refractivity contribution is 9.10. The van der Waals surface area contributed by atoms with Gasteiger partial charge in [0.05, 0.1) is 0 Å². The summed E-state index contributed by atoms with van der Waals surface area (Å²) in [6.45, 7) is 0.418. The van der Waals surface area contributed by atoms with Gasteiger partial charge >= 0.3 is 0 Å².